The summed E-state index contributed by atoms with van der Waals surface area (Å²) >= 11 is 0. The second-order valence-corrected chi connectivity index (χ2v) is 7.31. The monoisotopic (exact) mass is 405 g/mol. The highest BCUT2D eigenvalue weighted by Gasteiger charge is 2.29. The fraction of sp³-hybridized carbons (Fsp3) is 0.333. The van der Waals surface area contributed by atoms with Crippen molar-refractivity contribution in [2.24, 2.45) is 0 Å². The summed E-state index contributed by atoms with van der Waals surface area (Å²) in [5, 5.41) is 9.44. The number of pyridine rings is 1. The molecule has 0 bridgehead atoms. The molecular formula is C21H23N7O2. The van der Waals surface area contributed by atoms with E-state index in [9.17, 15) is 9.59 Å². The molecule has 0 atom stereocenters. The Kier molecular flexibility index (Phi) is 5.78. The fourth-order valence-electron chi connectivity index (χ4n) is 3.66. The molecule has 0 saturated carbocycles. The van der Waals surface area contributed by atoms with Crippen LogP contribution in [0.5, 0.6) is 0 Å². The number of nitrogens with one attached hydrogen (secondary N) is 2. The summed E-state index contributed by atoms with van der Waals surface area (Å²) < 4.78 is 0. The summed E-state index contributed by atoms with van der Waals surface area (Å²) in [6.07, 6.45) is 9.63. The first-order chi connectivity index (χ1) is 14.6. The molecule has 0 aliphatic carbocycles. The van der Waals surface area contributed by atoms with E-state index >= 15 is 0 Å². The molecule has 1 fully saturated rings. The molecule has 154 valence electrons. The molecule has 4 heterocycles. The maximum Gasteiger partial charge on any atom is 0.257 e. The summed E-state index contributed by atoms with van der Waals surface area (Å²) in [5.41, 5.74) is 2.72. The van der Waals surface area contributed by atoms with Crippen LogP contribution in [0.4, 0.5) is 0 Å². The van der Waals surface area contributed by atoms with Crippen molar-refractivity contribution >= 4 is 11.8 Å². The molecule has 9 heteroatoms. The topological polar surface area (TPSA) is 117 Å². The molecule has 0 unspecified atom stereocenters. The van der Waals surface area contributed by atoms with Crippen LogP contribution in [-0.2, 0) is 6.54 Å². The minimum atomic E-state index is -0.203. The fourth-order valence-corrected chi connectivity index (χ4v) is 3.66. The van der Waals surface area contributed by atoms with Crippen molar-refractivity contribution in [3.8, 4) is 0 Å². The summed E-state index contributed by atoms with van der Waals surface area (Å²) in [7, 11) is 0. The first-order valence-electron chi connectivity index (χ1n) is 9.90. The highest BCUT2D eigenvalue weighted by atomic mass is 16.2. The highest BCUT2D eigenvalue weighted by Crippen LogP contribution is 2.29. The average Bonchev–Trinajstić information content (AvgIpc) is 3.33. The van der Waals surface area contributed by atoms with E-state index in [0.29, 0.717) is 36.6 Å². The lowest BCUT2D eigenvalue weighted by molar-refractivity contribution is 0.0710. The van der Waals surface area contributed by atoms with E-state index in [1.807, 2.05) is 24.0 Å². The van der Waals surface area contributed by atoms with Crippen LogP contribution in [0.2, 0.25) is 0 Å². The van der Waals surface area contributed by atoms with Crippen LogP contribution < -0.4 is 5.32 Å². The Balaban J connectivity index is 1.44. The van der Waals surface area contributed by atoms with Gasteiger partial charge in [0.15, 0.2) is 0 Å². The van der Waals surface area contributed by atoms with Crippen molar-refractivity contribution in [1.29, 1.82) is 0 Å². The number of likely N-dealkylation sites (tertiary alicyclic amines) is 1. The van der Waals surface area contributed by atoms with Crippen LogP contribution in [0, 0.1) is 6.92 Å². The van der Waals surface area contributed by atoms with Gasteiger partial charge in [-0.1, -0.05) is 6.07 Å². The molecule has 1 saturated heterocycles. The van der Waals surface area contributed by atoms with Crippen molar-refractivity contribution in [2.45, 2.75) is 32.2 Å². The zero-order valence-electron chi connectivity index (χ0n) is 16.7. The Morgan fingerprint density at radius 2 is 2.07 bits per heavy atom. The normalized spacial score (nSPS) is 14.5. The first-order valence-corrected chi connectivity index (χ1v) is 9.90. The number of H-pyrrole nitrogens is 1. The van der Waals surface area contributed by atoms with Crippen LogP contribution in [0.1, 0.15) is 56.6 Å². The summed E-state index contributed by atoms with van der Waals surface area (Å²) in [4.78, 5) is 40.1. The molecule has 0 radical (unpaired) electrons. The van der Waals surface area contributed by atoms with Gasteiger partial charge in [0.05, 0.1) is 23.0 Å². The molecule has 1 aliphatic rings. The third-order valence-electron chi connectivity index (χ3n) is 5.27. The SMILES string of the molecule is Cc1ncc(C(=O)NCc2cccnc2)c(C2CCN(C(=O)c3cn[nH]c3)CC2)n1. The van der Waals surface area contributed by atoms with Gasteiger partial charge in [-0.15, -0.1) is 0 Å². The molecular weight excluding hydrogens is 382 g/mol. The largest absolute Gasteiger partial charge is 0.348 e. The Morgan fingerprint density at radius 3 is 2.77 bits per heavy atom. The molecule has 3 aromatic rings. The van der Waals surface area contributed by atoms with Crippen LogP contribution in [-0.4, -0.2) is 55.0 Å². The predicted molar refractivity (Wildman–Crippen MR) is 109 cm³/mol. The van der Waals surface area contributed by atoms with Gasteiger partial charge in [-0.3, -0.25) is 19.7 Å². The van der Waals surface area contributed by atoms with E-state index in [-0.39, 0.29) is 17.7 Å². The molecule has 9 nitrogen and oxygen atoms in total. The standard InChI is InChI=1S/C21H23N7O2/c1-14-23-13-18(20(29)24-10-15-3-2-6-22-9-15)19(27-14)16-4-7-28(8-5-16)21(30)17-11-25-26-12-17/h2-3,6,9,11-13,16H,4-5,7-8,10H2,1H3,(H,24,29)(H,25,26). The van der Waals surface area contributed by atoms with Crippen LogP contribution in [0.25, 0.3) is 0 Å². The van der Waals surface area contributed by atoms with Crippen molar-refractivity contribution in [2.75, 3.05) is 13.1 Å². The van der Waals surface area contributed by atoms with Crippen molar-refractivity contribution in [1.82, 2.24) is 35.4 Å². The molecule has 1 aliphatic heterocycles. The lowest BCUT2D eigenvalue weighted by Crippen LogP contribution is -2.38. The van der Waals surface area contributed by atoms with Gasteiger partial charge in [0.1, 0.15) is 5.82 Å². The maximum absolute atomic E-state index is 12.8. The summed E-state index contributed by atoms with van der Waals surface area (Å²) in [5.74, 6) is 0.492. The molecule has 2 amide bonds. The zero-order chi connectivity index (χ0) is 20.9. The number of hydrogen-bond donors (Lipinski definition) is 2. The minimum absolute atomic E-state index is 0.0319. The Morgan fingerprint density at radius 1 is 1.23 bits per heavy atom. The van der Waals surface area contributed by atoms with E-state index in [0.717, 1.165) is 24.1 Å². The number of aromatic nitrogens is 5. The van der Waals surface area contributed by atoms with Gasteiger partial charge in [0, 0.05) is 50.3 Å². The molecule has 2 N–H and O–H groups in total. The van der Waals surface area contributed by atoms with Crippen LogP contribution in [0.3, 0.4) is 0 Å². The molecule has 0 aromatic carbocycles. The van der Waals surface area contributed by atoms with Gasteiger partial charge in [0.25, 0.3) is 11.8 Å². The number of nitrogens with zero attached hydrogens (tertiary/aromatic N) is 5. The first kappa shape index (κ1) is 19.7. The van der Waals surface area contributed by atoms with Gasteiger partial charge < -0.3 is 10.2 Å². The van der Waals surface area contributed by atoms with E-state index in [4.69, 9.17) is 0 Å². The molecule has 0 spiro atoms. The van der Waals surface area contributed by atoms with E-state index in [1.165, 1.54) is 6.20 Å². The number of rotatable bonds is 5. The lowest BCUT2D eigenvalue weighted by Gasteiger charge is -2.32. The molecule has 4 rings (SSSR count). The van der Waals surface area contributed by atoms with E-state index in [2.05, 4.69) is 30.5 Å². The van der Waals surface area contributed by atoms with Gasteiger partial charge in [-0.05, 0) is 31.4 Å². The van der Waals surface area contributed by atoms with Crippen molar-refractivity contribution in [3.63, 3.8) is 0 Å². The number of piperidine rings is 1. The second-order valence-electron chi connectivity index (χ2n) is 7.31. The minimum Gasteiger partial charge on any atom is -0.348 e. The van der Waals surface area contributed by atoms with Crippen molar-refractivity contribution < 1.29 is 9.59 Å². The van der Waals surface area contributed by atoms with Crippen LogP contribution in [0.15, 0.2) is 43.1 Å². The summed E-state index contributed by atoms with van der Waals surface area (Å²) in [6, 6.07) is 3.74. The van der Waals surface area contributed by atoms with Gasteiger partial charge in [-0.25, -0.2) is 9.97 Å². The number of amides is 2. The quantitative estimate of drug-likeness (QED) is 0.669. The predicted octanol–water partition coefficient (Wildman–Crippen LogP) is 1.85. The van der Waals surface area contributed by atoms with Gasteiger partial charge in [0.2, 0.25) is 0 Å². The van der Waals surface area contributed by atoms with E-state index in [1.54, 1.807) is 24.8 Å². The van der Waals surface area contributed by atoms with Crippen LogP contribution >= 0.6 is 0 Å². The number of carbonyl (C=O) groups excluding carboxylic acids is 2. The molecule has 3 aromatic heterocycles. The average molecular weight is 405 g/mol. The smallest absolute Gasteiger partial charge is 0.257 e. The second kappa shape index (κ2) is 8.81. The number of aryl methyl sites for hydroxylation is 1. The Bertz CT molecular complexity index is 1010. The summed E-state index contributed by atoms with van der Waals surface area (Å²) in [6.45, 7) is 3.42. The van der Waals surface area contributed by atoms with E-state index < -0.39 is 0 Å². The number of aromatic amines is 1. The maximum atomic E-state index is 12.8. The van der Waals surface area contributed by atoms with Gasteiger partial charge >= 0.3 is 0 Å². The zero-order valence-corrected chi connectivity index (χ0v) is 16.7. The lowest BCUT2D eigenvalue weighted by atomic mass is 9.90. The van der Waals surface area contributed by atoms with Crippen molar-refractivity contribution in [3.05, 3.63) is 71.3 Å². The third kappa shape index (κ3) is 4.35. The Hall–Kier alpha value is -3.62. The number of carbonyl (C=O) groups is 2. The third-order valence-corrected chi connectivity index (χ3v) is 5.27. The van der Waals surface area contributed by atoms with Gasteiger partial charge in [-0.2, -0.15) is 5.10 Å². The number of hydrogen-bond acceptors (Lipinski definition) is 6. The molecule has 30 heavy (non-hydrogen) atoms. The highest BCUT2D eigenvalue weighted by molar-refractivity contribution is 5.95. The Labute approximate surface area is 174 Å².